The highest BCUT2D eigenvalue weighted by molar-refractivity contribution is 5.86. The molecule has 0 saturated carbocycles. The Balaban J connectivity index is 1.87. The van der Waals surface area contributed by atoms with Gasteiger partial charge in [-0.25, -0.2) is 19.6 Å². The van der Waals surface area contributed by atoms with E-state index in [2.05, 4.69) is 20.6 Å². The van der Waals surface area contributed by atoms with Crippen LogP contribution in [0.3, 0.4) is 0 Å². The van der Waals surface area contributed by atoms with Gasteiger partial charge >= 0.3 is 12.2 Å². The standard InChI is InChI=1S/C16H18N4O4/c1-16(2,3)24-15(22)20-13-17-9-11(10-18-13)19-14(21)23-12-7-5-4-6-8-12/h4-10H,1-3H3,(H,19,21)(H,17,18,20,22). The molecule has 8 nitrogen and oxygen atoms in total. The minimum Gasteiger partial charge on any atom is -0.444 e. The first-order valence-electron chi connectivity index (χ1n) is 7.18. The average Bonchev–Trinajstić information content (AvgIpc) is 2.48. The van der Waals surface area contributed by atoms with Gasteiger partial charge in [0.2, 0.25) is 5.95 Å². The van der Waals surface area contributed by atoms with Crippen LogP contribution in [0.25, 0.3) is 0 Å². The molecule has 0 aliphatic rings. The fourth-order valence-corrected chi connectivity index (χ4v) is 1.59. The first kappa shape index (κ1) is 17.2. The van der Waals surface area contributed by atoms with E-state index in [9.17, 15) is 9.59 Å². The molecule has 2 aromatic rings. The summed E-state index contributed by atoms with van der Waals surface area (Å²) in [6.07, 6.45) is 1.35. The second-order valence-electron chi connectivity index (χ2n) is 5.75. The van der Waals surface area contributed by atoms with E-state index in [1.807, 2.05) is 6.07 Å². The number of hydrogen-bond donors (Lipinski definition) is 2. The van der Waals surface area contributed by atoms with Crippen molar-refractivity contribution in [1.29, 1.82) is 0 Å². The van der Waals surface area contributed by atoms with Gasteiger partial charge in [0.05, 0.1) is 18.1 Å². The molecule has 0 atom stereocenters. The zero-order valence-electron chi connectivity index (χ0n) is 13.6. The molecule has 2 rings (SSSR count). The van der Waals surface area contributed by atoms with Crippen LogP contribution in [0, 0.1) is 0 Å². The normalized spacial score (nSPS) is 10.6. The average molecular weight is 330 g/mol. The third-order valence-electron chi connectivity index (χ3n) is 2.46. The van der Waals surface area contributed by atoms with Crippen LogP contribution in [0.1, 0.15) is 20.8 Å². The molecule has 0 radical (unpaired) electrons. The van der Waals surface area contributed by atoms with Gasteiger partial charge in [0.1, 0.15) is 11.4 Å². The zero-order valence-corrected chi connectivity index (χ0v) is 13.6. The Labute approximate surface area is 139 Å². The molecular weight excluding hydrogens is 312 g/mol. The van der Waals surface area contributed by atoms with Crippen molar-refractivity contribution in [2.75, 3.05) is 10.6 Å². The number of nitrogens with one attached hydrogen (secondary N) is 2. The van der Waals surface area contributed by atoms with Crippen LogP contribution in [-0.2, 0) is 4.74 Å². The van der Waals surface area contributed by atoms with Crippen molar-refractivity contribution in [3.05, 3.63) is 42.7 Å². The maximum absolute atomic E-state index is 11.7. The largest absolute Gasteiger partial charge is 0.444 e. The first-order chi connectivity index (χ1) is 11.3. The van der Waals surface area contributed by atoms with Crippen LogP contribution >= 0.6 is 0 Å². The number of aromatic nitrogens is 2. The molecule has 0 aliphatic carbocycles. The monoisotopic (exact) mass is 330 g/mol. The van der Waals surface area contributed by atoms with E-state index < -0.39 is 17.8 Å². The molecule has 0 unspecified atom stereocenters. The lowest BCUT2D eigenvalue weighted by molar-refractivity contribution is 0.0634. The van der Waals surface area contributed by atoms with Gasteiger partial charge in [-0.15, -0.1) is 0 Å². The summed E-state index contributed by atoms with van der Waals surface area (Å²) in [5.41, 5.74) is -0.294. The Kier molecular flexibility index (Phi) is 5.31. The van der Waals surface area contributed by atoms with Crippen molar-refractivity contribution in [1.82, 2.24) is 9.97 Å². The van der Waals surface area contributed by atoms with Crippen molar-refractivity contribution in [2.24, 2.45) is 0 Å². The highest BCUT2D eigenvalue weighted by atomic mass is 16.6. The van der Waals surface area contributed by atoms with Crippen molar-refractivity contribution in [3.63, 3.8) is 0 Å². The molecule has 0 fully saturated rings. The number of anilines is 2. The highest BCUT2D eigenvalue weighted by Crippen LogP contribution is 2.12. The molecular formula is C16H18N4O4. The predicted molar refractivity (Wildman–Crippen MR) is 88.0 cm³/mol. The van der Waals surface area contributed by atoms with Crippen LogP contribution in [0.2, 0.25) is 0 Å². The Morgan fingerprint density at radius 3 is 2.17 bits per heavy atom. The summed E-state index contributed by atoms with van der Waals surface area (Å²) < 4.78 is 10.2. The molecule has 0 saturated heterocycles. The minimum absolute atomic E-state index is 0.0613. The highest BCUT2D eigenvalue weighted by Gasteiger charge is 2.17. The lowest BCUT2D eigenvalue weighted by Crippen LogP contribution is -2.27. The number of para-hydroxylation sites is 1. The molecule has 1 aromatic carbocycles. The Hall–Kier alpha value is -3.16. The Bertz CT molecular complexity index is 696. The SMILES string of the molecule is CC(C)(C)OC(=O)Nc1ncc(NC(=O)Oc2ccccc2)cn1. The second kappa shape index (κ2) is 7.40. The third kappa shape index (κ3) is 5.91. The molecule has 2 N–H and O–H groups in total. The molecule has 1 aromatic heterocycles. The van der Waals surface area contributed by atoms with E-state index in [0.29, 0.717) is 11.4 Å². The smallest absolute Gasteiger partial charge is 0.417 e. The number of rotatable bonds is 3. The number of carbonyl (C=O) groups is 2. The van der Waals surface area contributed by atoms with E-state index in [4.69, 9.17) is 9.47 Å². The van der Waals surface area contributed by atoms with E-state index in [0.717, 1.165) is 0 Å². The van der Waals surface area contributed by atoms with Gasteiger partial charge in [-0.1, -0.05) is 18.2 Å². The number of benzene rings is 1. The van der Waals surface area contributed by atoms with E-state index in [1.54, 1.807) is 45.0 Å². The van der Waals surface area contributed by atoms with Gasteiger partial charge in [-0.3, -0.25) is 10.6 Å². The van der Waals surface area contributed by atoms with E-state index in [1.165, 1.54) is 12.4 Å². The summed E-state index contributed by atoms with van der Waals surface area (Å²) in [5, 5.41) is 4.87. The van der Waals surface area contributed by atoms with Crippen LogP contribution in [-0.4, -0.2) is 27.8 Å². The van der Waals surface area contributed by atoms with Crippen molar-refractivity contribution in [3.8, 4) is 5.75 Å². The topological polar surface area (TPSA) is 102 Å². The lowest BCUT2D eigenvalue weighted by atomic mass is 10.2. The fourth-order valence-electron chi connectivity index (χ4n) is 1.59. The van der Waals surface area contributed by atoms with Crippen LogP contribution in [0.5, 0.6) is 5.75 Å². The van der Waals surface area contributed by atoms with Crippen molar-refractivity contribution < 1.29 is 19.1 Å². The van der Waals surface area contributed by atoms with Gasteiger partial charge in [0, 0.05) is 0 Å². The molecule has 1 heterocycles. The summed E-state index contributed by atoms with van der Waals surface area (Å²) in [4.78, 5) is 31.1. The lowest BCUT2D eigenvalue weighted by Gasteiger charge is -2.19. The quantitative estimate of drug-likeness (QED) is 0.893. The van der Waals surface area contributed by atoms with Crippen molar-refractivity contribution in [2.45, 2.75) is 26.4 Å². The molecule has 0 aliphatic heterocycles. The van der Waals surface area contributed by atoms with Gasteiger partial charge < -0.3 is 9.47 Å². The van der Waals surface area contributed by atoms with Gasteiger partial charge in [-0.05, 0) is 32.9 Å². The molecule has 0 spiro atoms. The molecule has 2 amide bonds. The Morgan fingerprint density at radius 2 is 1.58 bits per heavy atom. The fraction of sp³-hybridized carbons (Fsp3) is 0.250. The maximum atomic E-state index is 11.7. The van der Waals surface area contributed by atoms with Gasteiger partial charge in [0.25, 0.3) is 0 Å². The number of ether oxygens (including phenoxy) is 2. The first-order valence-corrected chi connectivity index (χ1v) is 7.18. The van der Waals surface area contributed by atoms with E-state index >= 15 is 0 Å². The van der Waals surface area contributed by atoms with Gasteiger partial charge in [0.15, 0.2) is 0 Å². The third-order valence-corrected chi connectivity index (χ3v) is 2.46. The number of carbonyl (C=O) groups excluding carboxylic acids is 2. The summed E-state index contributed by atoms with van der Waals surface area (Å²) in [5.74, 6) is 0.477. The summed E-state index contributed by atoms with van der Waals surface area (Å²) >= 11 is 0. The zero-order chi connectivity index (χ0) is 17.6. The minimum atomic E-state index is -0.669. The number of nitrogens with zero attached hydrogens (tertiary/aromatic N) is 2. The van der Waals surface area contributed by atoms with Crippen LogP contribution in [0.15, 0.2) is 42.7 Å². The molecule has 0 bridgehead atoms. The predicted octanol–water partition coefficient (Wildman–Crippen LogP) is 3.43. The molecule has 24 heavy (non-hydrogen) atoms. The summed E-state index contributed by atoms with van der Waals surface area (Å²) in [6.45, 7) is 5.25. The molecule has 126 valence electrons. The van der Waals surface area contributed by atoms with Crippen LogP contribution < -0.4 is 15.4 Å². The second-order valence-corrected chi connectivity index (χ2v) is 5.75. The van der Waals surface area contributed by atoms with Gasteiger partial charge in [-0.2, -0.15) is 0 Å². The number of amides is 2. The summed E-state index contributed by atoms with van der Waals surface area (Å²) in [6, 6.07) is 8.63. The number of hydrogen-bond acceptors (Lipinski definition) is 6. The maximum Gasteiger partial charge on any atom is 0.417 e. The van der Waals surface area contributed by atoms with E-state index in [-0.39, 0.29) is 5.95 Å². The molecule has 8 heteroatoms. The van der Waals surface area contributed by atoms with Crippen molar-refractivity contribution >= 4 is 23.8 Å². The van der Waals surface area contributed by atoms with Crippen LogP contribution in [0.4, 0.5) is 21.2 Å². The Morgan fingerprint density at radius 1 is 0.958 bits per heavy atom. The summed E-state index contributed by atoms with van der Waals surface area (Å²) in [7, 11) is 0.